The molecule has 9 heteroatoms. The number of benzene rings is 2. The molecular formula is C27H29N5O4. The standard InChI is InChI=1S/C27H29N5O4/c1-32-21-13-6-5-8-18(21)15-29-27(25(32)35,19-10-3-2-4-11-19)31-26(36)30-20-12-7-9-17(14-20)23-22(33)16-28-24(23)34/h5-9,12-15,19,33H,2-4,10-11,16H2,1H3,(H,28,34)(H2,30,31,36)/t27-/m0/s1. The van der Waals surface area contributed by atoms with Crippen LogP contribution < -0.4 is 20.9 Å². The molecule has 4 amide bonds. The summed E-state index contributed by atoms with van der Waals surface area (Å²) in [5.41, 5.74) is 1.19. The van der Waals surface area contributed by atoms with Gasteiger partial charge in [-0.25, -0.2) is 4.79 Å². The maximum absolute atomic E-state index is 13.9. The molecule has 3 aliphatic rings. The fraction of sp³-hybridized carbons (Fsp3) is 0.333. The Balaban J connectivity index is 1.44. The fourth-order valence-corrected chi connectivity index (χ4v) is 5.34. The molecule has 0 radical (unpaired) electrons. The van der Waals surface area contributed by atoms with E-state index in [1.807, 2.05) is 24.3 Å². The molecule has 0 aromatic heterocycles. The molecule has 2 aromatic rings. The van der Waals surface area contributed by atoms with Gasteiger partial charge in [0.2, 0.25) is 5.66 Å². The number of anilines is 2. The highest BCUT2D eigenvalue weighted by Gasteiger charge is 2.49. The molecule has 1 saturated carbocycles. The van der Waals surface area contributed by atoms with Crippen molar-refractivity contribution in [1.82, 2.24) is 10.6 Å². The molecule has 0 saturated heterocycles. The van der Waals surface area contributed by atoms with Crippen molar-refractivity contribution in [2.24, 2.45) is 10.9 Å². The predicted octanol–water partition coefficient (Wildman–Crippen LogP) is 3.58. The summed E-state index contributed by atoms with van der Waals surface area (Å²) in [5, 5.41) is 18.4. The van der Waals surface area contributed by atoms with Crippen molar-refractivity contribution in [3.63, 3.8) is 0 Å². The van der Waals surface area contributed by atoms with E-state index in [1.165, 1.54) is 0 Å². The Morgan fingerprint density at radius 3 is 2.64 bits per heavy atom. The average Bonchev–Trinajstić information content (AvgIpc) is 3.19. The number of aliphatic hydroxyl groups excluding tert-OH is 1. The van der Waals surface area contributed by atoms with E-state index in [-0.39, 0.29) is 35.6 Å². The van der Waals surface area contributed by atoms with Crippen LogP contribution in [0.2, 0.25) is 0 Å². The Labute approximate surface area is 209 Å². The van der Waals surface area contributed by atoms with Crippen LogP contribution in [0.25, 0.3) is 5.57 Å². The van der Waals surface area contributed by atoms with E-state index in [0.717, 1.165) is 43.4 Å². The summed E-state index contributed by atoms with van der Waals surface area (Å²) in [7, 11) is 1.71. The van der Waals surface area contributed by atoms with E-state index in [9.17, 15) is 19.5 Å². The smallest absolute Gasteiger partial charge is 0.321 e. The quantitative estimate of drug-likeness (QED) is 0.526. The lowest BCUT2D eigenvalue weighted by Crippen LogP contribution is -2.63. The van der Waals surface area contributed by atoms with Crippen LogP contribution in [0, 0.1) is 5.92 Å². The number of rotatable bonds is 4. The number of hydrogen-bond donors (Lipinski definition) is 4. The molecule has 186 valence electrons. The van der Waals surface area contributed by atoms with Gasteiger partial charge in [0.05, 0.1) is 17.8 Å². The minimum atomic E-state index is -1.44. The zero-order valence-electron chi connectivity index (χ0n) is 20.1. The highest BCUT2D eigenvalue weighted by atomic mass is 16.3. The van der Waals surface area contributed by atoms with E-state index >= 15 is 0 Å². The lowest BCUT2D eigenvalue weighted by molar-refractivity contribution is -0.126. The first-order valence-electron chi connectivity index (χ1n) is 12.2. The summed E-state index contributed by atoms with van der Waals surface area (Å²) in [4.78, 5) is 45.7. The molecule has 36 heavy (non-hydrogen) atoms. The zero-order valence-corrected chi connectivity index (χ0v) is 20.1. The third-order valence-corrected chi connectivity index (χ3v) is 7.18. The maximum atomic E-state index is 13.9. The van der Waals surface area contributed by atoms with Gasteiger partial charge in [-0.1, -0.05) is 49.6 Å². The number of likely N-dealkylation sites (N-methyl/N-ethyl adjacent to an activating group) is 1. The second-order valence-corrected chi connectivity index (χ2v) is 9.45. The number of fused-ring (bicyclic) bond motifs is 1. The summed E-state index contributed by atoms with van der Waals surface area (Å²) in [6.07, 6.45) is 6.28. The summed E-state index contributed by atoms with van der Waals surface area (Å²) in [5.74, 6) is -0.837. The number of aliphatic hydroxyl groups is 1. The van der Waals surface area contributed by atoms with Gasteiger partial charge >= 0.3 is 6.03 Å². The van der Waals surface area contributed by atoms with Crippen LogP contribution in [0.15, 0.2) is 59.3 Å². The summed E-state index contributed by atoms with van der Waals surface area (Å²) >= 11 is 0. The van der Waals surface area contributed by atoms with Crippen molar-refractivity contribution in [3.05, 3.63) is 65.4 Å². The van der Waals surface area contributed by atoms with E-state index in [2.05, 4.69) is 16.0 Å². The van der Waals surface area contributed by atoms with Crippen LogP contribution in [-0.2, 0) is 9.59 Å². The van der Waals surface area contributed by atoms with E-state index < -0.39 is 11.7 Å². The normalized spacial score (nSPS) is 22.2. The lowest BCUT2D eigenvalue weighted by Gasteiger charge is -2.40. The van der Waals surface area contributed by atoms with Crippen LogP contribution in [0.5, 0.6) is 0 Å². The number of amides is 4. The number of nitrogens with one attached hydrogen (secondary N) is 3. The van der Waals surface area contributed by atoms with Crippen molar-refractivity contribution in [3.8, 4) is 0 Å². The summed E-state index contributed by atoms with van der Waals surface area (Å²) in [6, 6.07) is 13.6. The summed E-state index contributed by atoms with van der Waals surface area (Å²) < 4.78 is 0. The lowest BCUT2D eigenvalue weighted by atomic mass is 9.79. The number of benzodiazepines with no additional fused rings is 1. The number of hydrogen-bond acceptors (Lipinski definition) is 5. The van der Waals surface area contributed by atoms with E-state index in [0.29, 0.717) is 11.3 Å². The monoisotopic (exact) mass is 487 g/mol. The highest BCUT2D eigenvalue weighted by molar-refractivity contribution is 6.22. The molecule has 5 rings (SSSR count). The first kappa shape index (κ1) is 23.6. The molecule has 9 nitrogen and oxygen atoms in total. The second-order valence-electron chi connectivity index (χ2n) is 9.45. The van der Waals surface area contributed by atoms with Crippen LogP contribution in [0.1, 0.15) is 43.2 Å². The zero-order chi connectivity index (χ0) is 25.3. The Morgan fingerprint density at radius 1 is 1.11 bits per heavy atom. The molecule has 0 unspecified atom stereocenters. The van der Waals surface area contributed by atoms with Crippen LogP contribution in [0.3, 0.4) is 0 Å². The first-order chi connectivity index (χ1) is 17.4. The number of nitrogens with zero attached hydrogens (tertiary/aromatic N) is 2. The van der Waals surface area contributed by atoms with Gasteiger partial charge in [-0.15, -0.1) is 0 Å². The van der Waals surface area contributed by atoms with Gasteiger partial charge in [-0.05, 0) is 36.6 Å². The van der Waals surface area contributed by atoms with Crippen LogP contribution in [0.4, 0.5) is 16.2 Å². The Hall–Kier alpha value is -4.14. The van der Waals surface area contributed by atoms with E-state index in [1.54, 1.807) is 42.4 Å². The fourth-order valence-electron chi connectivity index (χ4n) is 5.34. The largest absolute Gasteiger partial charge is 0.510 e. The predicted molar refractivity (Wildman–Crippen MR) is 138 cm³/mol. The molecular weight excluding hydrogens is 458 g/mol. The van der Waals surface area contributed by atoms with Crippen molar-refractivity contribution in [1.29, 1.82) is 0 Å². The minimum Gasteiger partial charge on any atom is -0.510 e. The Bertz CT molecular complexity index is 1280. The third-order valence-electron chi connectivity index (χ3n) is 7.18. The van der Waals surface area contributed by atoms with Gasteiger partial charge in [-0.2, -0.15) is 0 Å². The Morgan fingerprint density at radius 2 is 1.89 bits per heavy atom. The molecule has 0 bridgehead atoms. The van der Waals surface area contributed by atoms with Gasteiger partial charge in [0.1, 0.15) is 5.76 Å². The molecule has 1 fully saturated rings. The average molecular weight is 488 g/mol. The number of para-hydroxylation sites is 1. The van der Waals surface area contributed by atoms with E-state index in [4.69, 9.17) is 4.99 Å². The first-order valence-corrected chi connectivity index (χ1v) is 12.2. The summed E-state index contributed by atoms with van der Waals surface area (Å²) in [6.45, 7) is 0.0756. The minimum absolute atomic E-state index is 0.0427. The topological polar surface area (TPSA) is 123 Å². The third kappa shape index (κ3) is 4.21. The number of carbonyl (C=O) groups is 3. The van der Waals surface area contributed by atoms with Crippen molar-refractivity contribution >= 4 is 41.0 Å². The van der Waals surface area contributed by atoms with Crippen molar-refractivity contribution in [2.45, 2.75) is 37.8 Å². The molecule has 1 atom stereocenters. The van der Waals surface area contributed by atoms with Crippen molar-refractivity contribution in [2.75, 3.05) is 23.8 Å². The Kier molecular flexibility index (Phi) is 6.22. The molecule has 1 aliphatic carbocycles. The van der Waals surface area contributed by atoms with Gasteiger partial charge in [-0.3, -0.25) is 14.6 Å². The molecule has 2 aliphatic heterocycles. The van der Waals surface area contributed by atoms with Gasteiger partial charge < -0.3 is 26.0 Å². The SMILES string of the molecule is CN1C(=O)[C@@](NC(=O)Nc2cccc(C3=C(O)CNC3=O)c2)(C2CCCCC2)N=Cc2ccccc21. The number of urea groups is 1. The highest BCUT2D eigenvalue weighted by Crippen LogP contribution is 2.38. The van der Waals surface area contributed by atoms with Gasteiger partial charge in [0.15, 0.2) is 0 Å². The molecule has 4 N–H and O–H groups in total. The van der Waals surface area contributed by atoms with Gasteiger partial charge in [0, 0.05) is 30.4 Å². The molecule has 0 spiro atoms. The van der Waals surface area contributed by atoms with Gasteiger partial charge in [0.25, 0.3) is 11.8 Å². The second kappa shape index (κ2) is 9.49. The maximum Gasteiger partial charge on any atom is 0.321 e. The van der Waals surface area contributed by atoms with Crippen molar-refractivity contribution < 1.29 is 19.5 Å². The molecule has 2 heterocycles. The molecule has 2 aromatic carbocycles. The van der Waals surface area contributed by atoms with Crippen LogP contribution >= 0.6 is 0 Å². The number of carbonyl (C=O) groups excluding carboxylic acids is 3. The van der Waals surface area contributed by atoms with Crippen LogP contribution in [-0.4, -0.2) is 48.4 Å². The number of aliphatic imine (C=N–C) groups is 1.